The molecule has 1 fully saturated rings. The molecule has 0 radical (unpaired) electrons. The van der Waals surface area contributed by atoms with Crippen LogP contribution in [-0.4, -0.2) is 25.7 Å². The molecule has 2 N–H and O–H groups in total. The monoisotopic (exact) mass is 297 g/mol. The minimum atomic E-state index is -3.57. The van der Waals surface area contributed by atoms with Gasteiger partial charge >= 0.3 is 0 Å². The van der Waals surface area contributed by atoms with Gasteiger partial charge in [-0.15, -0.1) is 0 Å². The van der Waals surface area contributed by atoms with Crippen LogP contribution in [0.1, 0.15) is 42.4 Å². The largest absolute Gasteiger partial charge is 0.389 e. The van der Waals surface area contributed by atoms with Gasteiger partial charge in [0.1, 0.15) is 0 Å². The zero-order valence-corrected chi connectivity index (χ0v) is 13.2. The molecule has 0 spiro atoms. The second-order valence-corrected chi connectivity index (χ2v) is 7.69. The molecule has 0 heterocycles. The van der Waals surface area contributed by atoms with E-state index in [0.717, 1.165) is 29.5 Å². The van der Waals surface area contributed by atoms with Crippen LogP contribution in [0, 0.1) is 20.8 Å². The van der Waals surface area contributed by atoms with E-state index >= 15 is 0 Å². The number of hydrogen-bond acceptors (Lipinski definition) is 3. The topological polar surface area (TPSA) is 66.4 Å². The molecule has 1 aliphatic rings. The second kappa shape index (κ2) is 5.47. The minimum Gasteiger partial charge on any atom is -0.389 e. The lowest BCUT2D eigenvalue weighted by Gasteiger charge is -2.22. The van der Waals surface area contributed by atoms with Gasteiger partial charge in [0.15, 0.2) is 0 Å². The molecule has 0 atom stereocenters. The van der Waals surface area contributed by atoms with Crippen molar-refractivity contribution in [3.63, 3.8) is 0 Å². The summed E-state index contributed by atoms with van der Waals surface area (Å²) in [7, 11) is -3.57. The first-order chi connectivity index (χ1) is 9.23. The van der Waals surface area contributed by atoms with E-state index in [1.54, 1.807) is 13.0 Å². The lowest BCUT2D eigenvalue weighted by molar-refractivity contribution is 0.0531. The molecule has 1 saturated carbocycles. The van der Waals surface area contributed by atoms with Crippen LogP contribution in [0.5, 0.6) is 0 Å². The SMILES string of the molecule is Cc1cc(C)c(S(=O)(=O)NCC2(O)CCCC2)cc1C. The van der Waals surface area contributed by atoms with Crippen LogP contribution in [0.3, 0.4) is 0 Å². The summed E-state index contributed by atoms with van der Waals surface area (Å²) in [5.74, 6) is 0. The van der Waals surface area contributed by atoms with Crippen molar-refractivity contribution in [2.75, 3.05) is 6.54 Å². The van der Waals surface area contributed by atoms with Crippen molar-refractivity contribution in [2.24, 2.45) is 0 Å². The molecule has 20 heavy (non-hydrogen) atoms. The summed E-state index contributed by atoms with van der Waals surface area (Å²) in [6, 6.07) is 3.58. The Balaban J connectivity index is 2.20. The number of sulfonamides is 1. The fourth-order valence-corrected chi connectivity index (χ4v) is 4.17. The highest BCUT2D eigenvalue weighted by Crippen LogP contribution is 2.29. The summed E-state index contributed by atoms with van der Waals surface area (Å²) in [6.07, 6.45) is 3.25. The molecule has 1 aromatic carbocycles. The quantitative estimate of drug-likeness (QED) is 0.895. The number of rotatable bonds is 4. The molecular weight excluding hydrogens is 274 g/mol. The average Bonchev–Trinajstić information content (AvgIpc) is 2.79. The van der Waals surface area contributed by atoms with E-state index in [9.17, 15) is 13.5 Å². The van der Waals surface area contributed by atoms with Crippen LogP contribution >= 0.6 is 0 Å². The fourth-order valence-electron chi connectivity index (χ4n) is 2.74. The number of nitrogens with one attached hydrogen (secondary N) is 1. The third kappa shape index (κ3) is 3.22. The van der Waals surface area contributed by atoms with Crippen LogP contribution < -0.4 is 4.72 Å². The number of hydrogen-bond donors (Lipinski definition) is 2. The molecule has 0 saturated heterocycles. The van der Waals surface area contributed by atoms with Gasteiger partial charge in [-0.2, -0.15) is 0 Å². The highest BCUT2D eigenvalue weighted by molar-refractivity contribution is 7.89. The normalized spacial score (nSPS) is 18.4. The fraction of sp³-hybridized carbons (Fsp3) is 0.600. The van der Waals surface area contributed by atoms with Gasteiger partial charge in [0.05, 0.1) is 10.5 Å². The summed E-state index contributed by atoms with van der Waals surface area (Å²) in [4.78, 5) is 0.308. The molecule has 2 rings (SSSR count). The van der Waals surface area contributed by atoms with Crippen LogP contribution in [0.25, 0.3) is 0 Å². The molecule has 1 aromatic rings. The molecular formula is C15H23NO3S. The standard InChI is InChI=1S/C15H23NO3S/c1-11-8-13(3)14(9-12(11)2)20(18,19)16-10-15(17)6-4-5-7-15/h8-9,16-17H,4-7,10H2,1-3H3. The summed E-state index contributed by atoms with van der Waals surface area (Å²) in [5, 5.41) is 10.2. The Morgan fingerprint density at radius 1 is 1.10 bits per heavy atom. The lowest BCUT2D eigenvalue weighted by atomic mass is 10.0. The van der Waals surface area contributed by atoms with Gasteiger partial charge in [0.25, 0.3) is 0 Å². The number of aryl methyl sites for hydroxylation is 3. The maximum absolute atomic E-state index is 12.4. The zero-order chi connectivity index (χ0) is 15.0. The van der Waals surface area contributed by atoms with Crippen LogP contribution in [0.15, 0.2) is 17.0 Å². The Morgan fingerprint density at radius 2 is 1.65 bits per heavy atom. The van der Waals surface area contributed by atoms with E-state index < -0.39 is 15.6 Å². The van der Waals surface area contributed by atoms with Crippen molar-refractivity contribution in [2.45, 2.75) is 57.0 Å². The minimum absolute atomic E-state index is 0.0989. The maximum Gasteiger partial charge on any atom is 0.240 e. The van der Waals surface area contributed by atoms with Gasteiger partial charge in [0.2, 0.25) is 10.0 Å². The third-order valence-corrected chi connectivity index (χ3v) is 5.75. The Labute approximate surface area is 121 Å². The predicted molar refractivity (Wildman–Crippen MR) is 79.3 cm³/mol. The van der Waals surface area contributed by atoms with Gasteiger partial charge < -0.3 is 5.11 Å². The zero-order valence-electron chi connectivity index (χ0n) is 12.4. The molecule has 5 heteroatoms. The number of aliphatic hydroxyl groups is 1. The molecule has 0 unspecified atom stereocenters. The Kier molecular flexibility index (Phi) is 4.23. The highest BCUT2D eigenvalue weighted by atomic mass is 32.2. The van der Waals surface area contributed by atoms with E-state index in [1.807, 2.05) is 19.9 Å². The van der Waals surface area contributed by atoms with Crippen LogP contribution in [-0.2, 0) is 10.0 Å². The molecule has 112 valence electrons. The summed E-state index contributed by atoms with van der Waals surface area (Å²) >= 11 is 0. The van der Waals surface area contributed by atoms with Gasteiger partial charge in [-0.05, 0) is 56.4 Å². The van der Waals surface area contributed by atoms with Crippen molar-refractivity contribution in [3.8, 4) is 0 Å². The van der Waals surface area contributed by atoms with Gasteiger partial charge in [0, 0.05) is 6.54 Å². The van der Waals surface area contributed by atoms with Gasteiger partial charge in [-0.1, -0.05) is 18.9 Å². The van der Waals surface area contributed by atoms with E-state index in [2.05, 4.69) is 4.72 Å². The van der Waals surface area contributed by atoms with Gasteiger partial charge in [-0.25, -0.2) is 13.1 Å². The van der Waals surface area contributed by atoms with E-state index in [-0.39, 0.29) is 6.54 Å². The summed E-state index contributed by atoms with van der Waals surface area (Å²) in [5.41, 5.74) is 1.89. The van der Waals surface area contributed by atoms with Crippen molar-refractivity contribution in [1.82, 2.24) is 4.72 Å². The average molecular weight is 297 g/mol. The van der Waals surface area contributed by atoms with E-state index in [4.69, 9.17) is 0 Å². The summed E-state index contributed by atoms with van der Waals surface area (Å²) < 4.78 is 27.4. The van der Waals surface area contributed by atoms with Gasteiger partial charge in [-0.3, -0.25) is 0 Å². The Morgan fingerprint density at radius 3 is 2.25 bits per heavy atom. The van der Waals surface area contributed by atoms with Crippen LogP contribution in [0.2, 0.25) is 0 Å². The molecule has 1 aliphatic carbocycles. The van der Waals surface area contributed by atoms with Crippen molar-refractivity contribution in [1.29, 1.82) is 0 Å². The predicted octanol–water partition coefficient (Wildman–Crippen LogP) is 2.20. The first kappa shape index (κ1) is 15.5. The first-order valence-electron chi connectivity index (χ1n) is 7.03. The van der Waals surface area contributed by atoms with Crippen LogP contribution in [0.4, 0.5) is 0 Å². The summed E-state index contributed by atoms with van der Waals surface area (Å²) in [6.45, 7) is 5.76. The second-order valence-electron chi connectivity index (χ2n) is 5.96. The molecule has 0 aromatic heterocycles. The molecule has 0 amide bonds. The lowest BCUT2D eigenvalue weighted by Crippen LogP contribution is -2.40. The maximum atomic E-state index is 12.4. The smallest absolute Gasteiger partial charge is 0.240 e. The van der Waals surface area contributed by atoms with E-state index in [1.165, 1.54) is 0 Å². The molecule has 0 bridgehead atoms. The Bertz CT molecular complexity index is 602. The van der Waals surface area contributed by atoms with Crippen molar-refractivity contribution >= 4 is 10.0 Å². The van der Waals surface area contributed by atoms with Crippen molar-refractivity contribution < 1.29 is 13.5 Å². The molecule has 0 aliphatic heterocycles. The first-order valence-corrected chi connectivity index (χ1v) is 8.52. The Hall–Kier alpha value is -0.910. The number of benzene rings is 1. The highest BCUT2D eigenvalue weighted by Gasteiger charge is 2.32. The molecule has 4 nitrogen and oxygen atoms in total. The third-order valence-electron chi connectivity index (χ3n) is 4.21. The van der Waals surface area contributed by atoms with E-state index in [0.29, 0.717) is 17.7 Å². The van der Waals surface area contributed by atoms with Crippen molar-refractivity contribution in [3.05, 3.63) is 28.8 Å².